The van der Waals surface area contributed by atoms with Crippen LogP contribution in [-0.4, -0.2) is 32.4 Å². The van der Waals surface area contributed by atoms with Crippen LogP contribution in [0.3, 0.4) is 0 Å². The molecule has 0 amide bonds. The molecule has 0 saturated heterocycles. The van der Waals surface area contributed by atoms with Crippen LogP contribution in [0.2, 0.25) is 0 Å². The molecule has 0 fully saturated rings. The van der Waals surface area contributed by atoms with E-state index in [-0.39, 0.29) is 0 Å². The monoisotopic (exact) mass is 234 g/mol. The summed E-state index contributed by atoms with van der Waals surface area (Å²) in [6, 6.07) is 7.41. The zero-order chi connectivity index (χ0) is 12.8. The Bertz CT molecular complexity index is 410. The van der Waals surface area contributed by atoms with Crippen LogP contribution in [0.1, 0.15) is 24.2 Å². The SMILES string of the molecule is COCCN(C)c1cc(C#N)ccc1[C@@H](C)O. The Morgan fingerprint density at radius 2 is 2.24 bits per heavy atom. The third-order valence-corrected chi connectivity index (χ3v) is 2.65. The van der Waals surface area contributed by atoms with Crippen molar-refractivity contribution in [2.24, 2.45) is 0 Å². The van der Waals surface area contributed by atoms with Crippen molar-refractivity contribution in [3.63, 3.8) is 0 Å². The van der Waals surface area contributed by atoms with Crippen LogP contribution in [0.4, 0.5) is 5.69 Å². The number of ether oxygens (including phenoxy) is 1. The summed E-state index contributed by atoms with van der Waals surface area (Å²) in [6.45, 7) is 3.03. The highest BCUT2D eigenvalue weighted by Gasteiger charge is 2.12. The fourth-order valence-corrected chi connectivity index (χ4v) is 1.65. The molecule has 1 rings (SSSR count). The van der Waals surface area contributed by atoms with Crippen LogP contribution in [0.5, 0.6) is 0 Å². The van der Waals surface area contributed by atoms with Gasteiger partial charge in [0.15, 0.2) is 0 Å². The van der Waals surface area contributed by atoms with E-state index in [1.165, 1.54) is 0 Å². The highest BCUT2D eigenvalue weighted by Crippen LogP contribution is 2.26. The third kappa shape index (κ3) is 3.45. The first kappa shape index (κ1) is 13.5. The first-order valence-electron chi connectivity index (χ1n) is 5.52. The molecule has 4 heteroatoms. The Balaban J connectivity index is 3.04. The van der Waals surface area contributed by atoms with Crippen molar-refractivity contribution < 1.29 is 9.84 Å². The third-order valence-electron chi connectivity index (χ3n) is 2.65. The summed E-state index contributed by atoms with van der Waals surface area (Å²) in [5.41, 5.74) is 2.28. The Morgan fingerprint density at radius 3 is 2.76 bits per heavy atom. The first-order chi connectivity index (χ1) is 8.10. The Kier molecular flexibility index (Phi) is 4.95. The van der Waals surface area contributed by atoms with E-state index in [0.29, 0.717) is 18.7 Å². The van der Waals surface area contributed by atoms with Gasteiger partial charge in [0.05, 0.1) is 24.3 Å². The van der Waals surface area contributed by atoms with E-state index < -0.39 is 6.10 Å². The molecule has 1 N–H and O–H groups in total. The van der Waals surface area contributed by atoms with Crippen molar-refractivity contribution >= 4 is 5.69 Å². The van der Waals surface area contributed by atoms with Crippen LogP contribution in [0.15, 0.2) is 18.2 Å². The number of nitriles is 1. The number of rotatable bonds is 5. The molecule has 0 aromatic heterocycles. The first-order valence-corrected chi connectivity index (χ1v) is 5.52. The van der Waals surface area contributed by atoms with Gasteiger partial charge in [0.2, 0.25) is 0 Å². The number of hydrogen-bond acceptors (Lipinski definition) is 4. The van der Waals surface area contributed by atoms with Gasteiger partial charge >= 0.3 is 0 Å². The van der Waals surface area contributed by atoms with E-state index in [9.17, 15) is 5.11 Å². The summed E-state index contributed by atoms with van der Waals surface area (Å²) < 4.78 is 5.02. The molecule has 0 aliphatic rings. The summed E-state index contributed by atoms with van der Waals surface area (Å²) in [6.07, 6.45) is -0.553. The van der Waals surface area contributed by atoms with Crippen molar-refractivity contribution in [2.75, 3.05) is 32.2 Å². The van der Waals surface area contributed by atoms with Crippen molar-refractivity contribution in [3.05, 3.63) is 29.3 Å². The number of aliphatic hydroxyl groups is 1. The topological polar surface area (TPSA) is 56.5 Å². The molecule has 92 valence electrons. The Morgan fingerprint density at radius 1 is 1.53 bits per heavy atom. The van der Waals surface area contributed by atoms with E-state index >= 15 is 0 Å². The van der Waals surface area contributed by atoms with E-state index in [1.54, 1.807) is 32.2 Å². The molecule has 1 aromatic rings. The molecular weight excluding hydrogens is 216 g/mol. The molecule has 1 atom stereocenters. The second-order valence-corrected chi connectivity index (χ2v) is 3.98. The fraction of sp³-hybridized carbons (Fsp3) is 0.462. The quantitative estimate of drug-likeness (QED) is 0.842. The molecule has 0 bridgehead atoms. The lowest BCUT2D eigenvalue weighted by Gasteiger charge is -2.23. The smallest absolute Gasteiger partial charge is 0.0992 e. The lowest BCUT2D eigenvalue weighted by molar-refractivity contribution is 0.197. The summed E-state index contributed by atoms with van der Waals surface area (Å²) in [4.78, 5) is 1.98. The van der Waals surface area contributed by atoms with Gasteiger partial charge in [-0.25, -0.2) is 0 Å². The molecule has 0 saturated carbocycles. The average molecular weight is 234 g/mol. The second-order valence-electron chi connectivity index (χ2n) is 3.98. The van der Waals surface area contributed by atoms with Crippen LogP contribution in [0, 0.1) is 11.3 Å². The molecule has 0 unspecified atom stereocenters. The zero-order valence-electron chi connectivity index (χ0n) is 10.5. The molecule has 0 heterocycles. The van der Waals surface area contributed by atoms with Gasteiger partial charge in [-0.15, -0.1) is 0 Å². The van der Waals surface area contributed by atoms with Gasteiger partial charge in [-0.3, -0.25) is 0 Å². The maximum absolute atomic E-state index is 9.70. The predicted molar refractivity (Wildman–Crippen MR) is 66.9 cm³/mol. The maximum Gasteiger partial charge on any atom is 0.0992 e. The normalized spacial score (nSPS) is 11.9. The van der Waals surface area contributed by atoms with Crippen LogP contribution in [-0.2, 0) is 4.74 Å². The van der Waals surface area contributed by atoms with Gasteiger partial charge in [0.25, 0.3) is 0 Å². The number of hydrogen-bond donors (Lipinski definition) is 1. The number of likely N-dealkylation sites (N-methyl/N-ethyl adjacent to an activating group) is 1. The van der Waals surface area contributed by atoms with Crippen LogP contribution < -0.4 is 4.90 Å². The molecule has 0 spiro atoms. The van der Waals surface area contributed by atoms with Gasteiger partial charge in [-0.2, -0.15) is 5.26 Å². The van der Waals surface area contributed by atoms with Crippen molar-refractivity contribution in [1.82, 2.24) is 0 Å². The zero-order valence-corrected chi connectivity index (χ0v) is 10.5. The van der Waals surface area contributed by atoms with E-state index in [4.69, 9.17) is 10.00 Å². The molecular formula is C13H18N2O2. The minimum absolute atomic E-state index is 0.553. The largest absolute Gasteiger partial charge is 0.389 e. The van der Waals surface area contributed by atoms with Gasteiger partial charge in [0.1, 0.15) is 0 Å². The lowest BCUT2D eigenvalue weighted by Crippen LogP contribution is -2.23. The number of methoxy groups -OCH3 is 1. The molecule has 0 radical (unpaired) electrons. The minimum Gasteiger partial charge on any atom is -0.389 e. The molecule has 1 aromatic carbocycles. The summed E-state index contributed by atoms with van der Waals surface area (Å²) in [7, 11) is 3.57. The van der Waals surface area contributed by atoms with Gasteiger partial charge in [0, 0.05) is 32.0 Å². The average Bonchev–Trinajstić information content (AvgIpc) is 2.34. The number of anilines is 1. The highest BCUT2D eigenvalue weighted by molar-refractivity contribution is 5.58. The fourth-order valence-electron chi connectivity index (χ4n) is 1.65. The van der Waals surface area contributed by atoms with E-state index in [1.807, 2.05) is 11.9 Å². The number of nitrogens with zero attached hydrogens (tertiary/aromatic N) is 2. The highest BCUT2D eigenvalue weighted by atomic mass is 16.5. The van der Waals surface area contributed by atoms with E-state index in [2.05, 4.69) is 6.07 Å². The predicted octanol–water partition coefficient (Wildman–Crippen LogP) is 1.69. The van der Waals surface area contributed by atoms with Crippen LogP contribution >= 0.6 is 0 Å². The number of aliphatic hydroxyl groups excluding tert-OH is 1. The second kappa shape index (κ2) is 6.24. The van der Waals surface area contributed by atoms with Crippen molar-refractivity contribution in [3.8, 4) is 6.07 Å². The molecule has 4 nitrogen and oxygen atoms in total. The molecule has 17 heavy (non-hydrogen) atoms. The van der Waals surface area contributed by atoms with E-state index in [0.717, 1.165) is 11.3 Å². The summed E-state index contributed by atoms with van der Waals surface area (Å²) in [5, 5.41) is 18.6. The van der Waals surface area contributed by atoms with Crippen molar-refractivity contribution in [1.29, 1.82) is 5.26 Å². The summed E-state index contributed by atoms with van der Waals surface area (Å²) in [5.74, 6) is 0. The van der Waals surface area contributed by atoms with Crippen molar-refractivity contribution in [2.45, 2.75) is 13.0 Å². The molecule has 0 aliphatic heterocycles. The van der Waals surface area contributed by atoms with Gasteiger partial charge in [-0.05, 0) is 19.1 Å². The standard InChI is InChI=1S/C13H18N2O2/c1-10(16)12-5-4-11(9-14)8-13(12)15(2)6-7-17-3/h4-5,8,10,16H,6-7H2,1-3H3/t10-/m1/s1. The van der Waals surface area contributed by atoms with Crippen LogP contribution in [0.25, 0.3) is 0 Å². The summed E-state index contributed by atoms with van der Waals surface area (Å²) >= 11 is 0. The van der Waals surface area contributed by atoms with Gasteiger partial charge in [-0.1, -0.05) is 6.07 Å². The Hall–Kier alpha value is -1.57. The molecule has 0 aliphatic carbocycles. The van der Waals surface area contributed by atoms with Gasteiger partial charge < -0.3 is 14.7 Å². The lowest BCUT2D eigenvalue weighted by atomic mass is 10.0. The minimum atomic E-state index is -0.553. The Labute approximate surface area is 102 Å². The number of benzene rings is 1. The maximum atomic E-state index is 9.70.